The number of hydrogen-bond acceptors (Lipinski definition) is 1. The molecule has 0 atom stereocenters. The molecule has 0 saturated heterocycles. The predicted molar refractivity (Wildman–Crippen MR) is 125 cm³/mol. The Kier molecular flexibility index (Phi) is 5.13. The molecule has 142 valence electrons. The van der Waals surface area contributed by atoms with Gasteiger partial charge in [0.15, 0.2) is 0 Å². The van der Waals surface area contributed by atoms with Gasteiger partial charge in [0, 0.05) is 11.1 Å². The normalized spacial score (nSPS) is 12.0. The van der Waals surface area contributed by atoms with Crippen LogP contribution >= 0.6 is 7.92 Å². The van der Waals surface area contributed by atoms with Gasteiger partial charge in [0.05, 0.1) is 0 Å². The fourth-order valence-electron chi connectivity index (χ4n) is 4.41. The summed E-state index contributed by atoms with van der Waals surface area (Å²) in [6.45, 7) is 9.31. The summed E-state index contributed by atoms with van der Waals surface area (Å²) in [5.41, 5.74) is 3.33. The number of phenolic OH excluding ortho intramolecular Hbond substituents is 1. The smallest absolute Gasteiger partial charge is 0.124 e. The van der Waals surface area contributed by atoms with E-state index in [1.807, 2.05) is 12.1 Å². The monoisotopic (exact) mass is 386 g/mol. The number of fused-ring (bicyclic) bond motifs is 2. The molecule has 2 heteroatoms. The minimum absolute atomic E-state index is 0.360. The lowest BCUT2D eigenvalue weighted by molar-refractivity contribution is 0.478. The van der Waals surface area contributed by atoms with Gasteiger partial charge in [0.25, 0.3) is 0 Å². The van der Waals surface area contributed by atoms with Gasteiger partial charge in [-0.3, -0.25) is 0 Å². The summed E-state index contributed by atoms with van der Waals surface area (Å²) in [6, 6.07) is 25.3. The first-order chi connectivity index (χ1) is 13.5. The van der Waals surface area contributed by atoms with Crippen LogP contribution in [0, 0.1) is 0 Å². The van der Waals surface area contributed by atoms with E-state index in [1.54, 1.807) is 0 Å². The molecule has 0 bridgehead atoms. The van der Waals surface area contributed by atoms with Gasteiger partial charge in [0.2, 0.25) is 0 Å². The maximum absolute atomic E-state index is 11.0. The van der Waals surface area contributed by atoms with E-state index in [9.17, 15) is 5.11 Å². The zero-order valence-electron chi connectivity index (χ0n) is 17.0. The van der Waals surface area contributed by atoms with Crippen molar-refractivity contribution in [3.05, 3.63) is 72.8 Å². The molecule has 4 rings (SSSR count). The Morgan fingerprint density at radius 2 is 1.11 bits per heavy atom. The molecular weight excluding hydrogens is 359 g/mol. The average Bonchev–Trinajstić information content (AvgIpc) is 2.68. The van der Waals surface area contributed by atoms with E-state index in [-0.39, 0.29) is 7.92 Å². The first-order valence-electron chi connectivity index (χ1n) is 10.00. The number of rotatable bonds is 4. The van der Waals surface area contributed by atoms with Crippen LogP contribution in [-0.2, 0) is 0 Å². The molecule has 0 radical (unpaired) electrons. The average molecular weight is 386 g/mol. The van der Waals surface area contributed by atoms with E-state index in [4.69, 9.17) is 0 Å². The second-order valence-electron chi connectivity index (χ2n) is 7.96. The van der Waals surface area contributed by atoms with E-state index in [1.165, 1.54) is 21.6 Å². The minimum atomic E-state index is -0.370. The molecule has 0 aromatic heterocycles. The Bertz CT molecular complexity index is 1140. The second kappa shape index (κ2) is 7.57. The number of aromatic hydroxyl groups is 1. The largest absolute Gasteiger partial charge is 0.507 e. The fraction of sp³-hybridized carbons (Fsp3) is 0.231. The van der Waals surface area contributed by atoms with Crippen LogP contribution in [0.3, 0.4) is 0 Å². The fourth-order valence-corrected chi connectivity index (χ4v) is 7.46. The van der Waals surface area contributed by atoms with Crippen LogP contribution in [0.5, 0.6) is 5.75 Å². The molecule has 0 fully saturated rings. The summed E-state index contributed by atoms with van der Waals surface area (Å²) >= 11 is 0. The molecule has 0 aliphatic rings. The summed E-state index contributed by atoms with van der Waals surface area (Å²) in [6.07, 6.45) is 0. The maximum atomic E-state index is 11.0. The molecule has 1 nitrogen and oxygen atoms in total. The van der Waals surface area contributed by atoms with Crippen LogP contribution in [0.2, 0.25) is 0 Å². The Balaban J connectivity index is 2.17. The number of benzene rings is 4. The van der Waals surface area contributed by atoms with Gasteiger partial charge in [-0.25, -0.2) is 0 Å². The highest BCUT2D eigenvalue weighted by Gasteiger charge is 2.25. The standard InChI is InChI=1S/C26H27OP/c1-17(2)28(18(3)4)24-16-14-20-10-6-8-12-22(20)26(24)25-21-11-7-5-9-19(21)13-15-23(25)27/h5-18,27H,1-4H3. The van der Waals surface area contributed by atoms with Crippen LogP contribution in [-0.4, -0.2) is 16.4 Å². The van der Waals surface area contributed by atoms with E-state index in [2.05, 4.69) is 88.4 Å². The third kappa shape index (κ3) is 3.19. The van der Waals surface area contributed by atoms with Crippen molar-refractivity contribution in [1.82, 2.24) is 0 Å². The van der Waals surface area contributed by atoms with E-state index in [0.29, 0.717) is 17.1 Å². The molecule has 0 amide bonds. The van der Waals surface area contributed by atoms with E-state index in [0.717, 1.165) is 16.3 Å². The third-order valence-corrected chi connectivity index (χ3v) is 8.61. The Morgan fingerprint density at radius 3 is 1.68 bits per heavy atom. The van der Waals surface area contributed by atoms with Crippen LogP contribution in [0.1, 0.15) is 27.7 Å². The molecule has 0 spiro atoms. The molecule has 0 aliphatic carbocycles. The molecule has 1 N–H and O–H groups in total. The zero-order chi connectivity index (χ0) is 19.8. The van der Waals surface area contributed by atoms with Gasteiger partial charge in [-0.2, -0.15) is 0 Å². The summed E-state index contributed by atoms with van der Waals surface area (Å²) in [7, 11) is -0.370. The maximum Gasteiger partial charge on any atom is 0.124 e. The quantitative estimate of drug-likeness (QED) is 0.365. The lowest BCUT2D eigenvalue weighted by atomic mass is 9.93. The highest BCUT2D eigenvalue weighted by Crippen LogP contribution is 2.50. The molecular formula is C26H27OP. The molecule has 0 aliphatic heterocycles. The highest BCUT2D eigenvalue weighted by atomic mass is 31.1. The van der Waals surface area contributed by atoms with Crippen molar-refractivity contribution in [1.29, 1.82) is 0 Å². The number of phenols is 1. The first-order valence-corrected chi connectivity index (χ1v) is 11.5. The summed E-state index contributed by atoms with van der Waals surface area (Å²) in [5, 5.41) is 17.1. The van der Waals surface area contributed by atoms with Crippen molar-refractivity contribution >= 4 is 34.8 Å². The van der Waals surface area contributed by atoms with Crippen molar-refractivity contribution < 1.29 is 5.11 Å². The minimum Gasteiger partial charge on any atom is -0.507 e. The number of hydrogen-bond donors (Lipinski definition) is 1. The molecule has 0 heterocycles. The van der Waals surface area contributed by atoms with Gasteiger partial charge in [-0.1, -0.05) is 102 Å². The highest BCUT2D eigenvalue weighted by molar-refractivity contribution is 7.67. The van der Waals surface area contributed by atoms with Crippen molar-refractivity contribution in [3.63, 3.8) is 0 Å². The predicted octanol–water partition coefficient (Wildman–Crippen LogP) is 7.29. The molecule has 0 saturated carbocycles. The van der Waals surface area contributed by atoms with Gasteiger partial charge in [-0.15, -0.1) is 0 Å². The molecule has 0 unspecified atom stereocenters. The van der Waals surface area contributed by atoms with Crippen molar-refractivity contribution in [2.24, 2.45) is 0 Å². The van der Waals surface area contributed by atoms with Crippen molar-refractivity contribution in [2.45, 2.75) is 39.0 Å². The Hall–Kier alpha value is -2.37. The lowest BCUT2D eigenvalue weighted by Gasteiger charge is -2.29. The third-order valence-electron chi connectivity index (χ3n) is 5.45. The lowest BCUT2D eigenvalue weighted by Crippen LogP contribution is -2.17. The van der Waals surface area contributed by atoms with Gasteiger partial charge in [-0.05, 0) is 44.2 Å². The molecule has 28 heavy (non-hydrogen) atoms. The topological polar surface area (TPSA) is 20.2 Å². The van der Waals surface area contributed by atoms with E-state index < -0.39 is 0 Å². The SMILES string of the molecule is CC(C)P(c1ccc2ccccc2c1-c1c(O)ccc2ccccc12)C(C)C. The van der Waals surface area contributed by atoms with Crippen LogP contribution < -0.4 is 5.30 Å². The Morgan fingerprint density at radius 1 is 0.607 bits per heavy atom. The van der Waals surface area contributed by atoms with Crippen LogP contribution in [0.4, 0.5) is 0 Å². The zero-order valence-corrected chi connectivity index (χ0v) is 17.9. The van der Waals surface area contributed by atoms with Gasteiger partial charge in [0.1, 0.15) is 5.75 Å². The summed E-state index contributed by atoms with van der Waals surface area (Å²) in [4.78, 5) is 0. The molecule has 4 aromatic rings. The van der Waals surface area contributed by atoms with Crippen molar-refractivity contribution in [2.75, 3.05) is 0 Å². The Labute approximate surface area is 168 Å². The van der Waals surface area contributed by atoms with Crippen LogP contribution in [0.25, 0.3) is 32.7 Å². The second-order valence-corrected chi connectivity index (χ2v) is 11.3. The van der Waals surface area contributed by atoms with Crippen LogP contribution in [0.15, 0.2) is 72.8 Å². The summed E-state index contributed by atoms with van der Waals surface area (Å²) in [5.74, 6) is 0.360. The van der Waals surface area contributed by atoms with Gasteiger partial charge >= 0.3 is 0 Å². The molecule has 4 aromatic carbocycles. The first kappa shape index (κ1) is 19.0. The van der Waals surface area contributed by atoms with Gasteiger partial charge < -0.3 is 5.11 Å². The summed E-state index contributed by atoms with van der Waals surface area (Å²) < 4.78 is 0. The van der Waals surface area contributed by atoms with E-state index >= 15 is 0 Å². The van der Waals surface area contributed by atoms with Crippen molar-refractivity contribution in [3.8, 4) is 16.9 Å².